The molecule has 21 heavy (non-hydrogen) atoms. The van der Waals surface area contributed by atoms with Crippen LogP contribution in [0.5, 0.6) is 5.75 Å². The number of hydrogen-bond acceptors (Lipinski definition) is 2. The van der Waals surface area contributed by atoms with Crippen molar-refractivity contribution < 1.29 is 4.74 Å². The minimum absolute atomic E-state index is 0.115. The van der Waals surface area contributed by atoms with E-state index in [2.05, 4.69) is 21.2 Å². The molecule has 1 atom stereocenters. The van der Waals surface area contributed by atoms with Crippen molar-refractivity contribution in [2.75, 3.05) is 14.2 Å². The van der Waals surface area contributed by atoms with Crippen molar-refractivity contribution in [1.82, 2.24) is 5.32 Å². The molecule has 2 aromatic carbocycles. The van der Waals surface area contributed by atoms with Crippen molar-refractivity contribution >= 4 is 39.1 Å². The number of halogens is 3. The van der Waals surface area contributed by atoms with Gasteiger partial charge in [0.15, 0.2) is 0 Å². The number of benzene rings is 2. The van der Waals surface area contributed by atoms with Crippen LogP contribution in [-0.2, 0) is 6.42 Å². The summed E-state index contributed by atoms with van der Waals surface area (Å²) in [6.07, 6.45) is 0.797. The Hall–Kier alpha value is -0.740. The van der Waals surface area contributed by atoms with E-state index in [-0.39, 0.29) is 6.04 Å². The van der Waals surface area contributed by atoms with E-state index in [1.165, 1.54) is 0 Å². The van der Waals surface area contributed by atoms with Crippen molar-refractivity contribution in [3.05, 3.63) is 62.0 Å². The lowest BCUT2D eigenvalue weighted by molar-refractivity contribution is 0.414. The van der Waals surface area contributed by atoms with E-state index < -0.39 is 0 Å². The first kappa shape index (κ1) is 16.6. The van der Waals surface area contributed by atoms with Gasteiger partial charge in [0.25, 0.3) is 0 Å². The maximum Gasteiger partial charge on any atom is 0.119 e. The van der Waals surface area contributed by atoms with Gasteiger partial charge in [-0.2, -0.15) is 0 Å². The molecule has 0 saturated heterocycles. The second-order valence-electron chi connectivity index (χ2n) is 4.71. The average Bonchev–Trinajstić information content (AvgIpc) is 2.45. The molecule has 2 nitrogen and oxygen atoms in total. The van der Waals surface area contributed by atoms with Crippen molar-refractivity contribution in [3.63, 3.8) is 0 Å². The van der Waals surface area contributed by atoms with Crippen LogP contribution >= 0.6 is 39.1 Å². The summed E-state index contributed by atoms with van der Waals surface area (Å²) < 4.78 is 6.34. The summed E-state index contributed by atoms with van der Waals surface area (Å²) in [4.78, 5) is 0. The standard InChI is InChI=1S/C16H16BrCl2NO/c1-20-16(11-5-12(18)9-13(19)6-11)8-10-7-14(21-2)3-4-15(10)17/h3-7,9,16,20H,8H2,1-2H3. The van der Waals surface area contributed by atoms with Crippen LogP contribution in [0.3, 0.4) is 0 Å². The molecule has 0 aliphatic heterocycles. The van der Waals surface area contributed by atoms with Crippen molar-refractivity contribution in [2.45, 2.75) is 12.5 Å². The quantitative estimate of drug-likeness (QED) is 0.753. The molecule has 0 aliphatic rings. The maximum atomic E-state index is 6.09. The topological polar surface area (TPSA) is 21.3 Å². The van der Waals surface area contributed by atoms with Gasteiger partial charge in [0.2, 0.25) is 0 Å². The molecule has 0 bridgehead atoms. The lowest BCUT2D eigenvalue weighted by Gasteiger charge is -2.19. The van der Waals surface area contributed by atoms with E-state index in [9.17, 15) is 0 Å². The third kappa shape index (κ3) is 4.36. The molecule has 2 aromatic rings. The summed E-state index contributed by atoms with van der Waals surface area (Å²) in [5.41, 5.74) is 2.22. The zero-order chi connectivity index (χ0) is 15.4. The van der Waals surface area contributed by atoms with E-state index in [0.717, 1.165) is 27.8 Å². The van der Waals surface area contributed by atoms with Gasteiger partial charge in [0, 0.05) is 20.6 Å². The van der Waals surface area contributed by atoms with Gasteiger partial charge >= 0.3 is 0 Å². The molecule has 0 fully saturated rings. The Labute approximate surface area is 143 Å². The lowest BCUT2D eigenvalue weighted by atomic mass is 9.99. The molecule has 0 radical (unpaired) electrons. The molecule has 1 unspecified atom stereocenters. The molecular weight excluding hydrogens is 373 g/mol. The number of hydrogen-bond donors (Lipinski definition) is 1. The fourth-order valence-corrected chi connectivity index (χ4v) is 3.17. The number of likely N-dealkylation sites (N-methyl/N-ethyl adjacent to an activating group) is 1. The maximum absolute atomic E-state index is 6.09. The van der Waals surface area contributed by atoms with Crippen molar-refractivity contribution in [3.8, 4) is 5.75 Å². The first-order chi connectivity index (χ1) is 10.0. The zero-order valence-corrected chi connectivity index (χ0v) is 14.9. The van der Waals surface area contributed by atoms with E-state index in [1.807, 2.05) is 37.4 Å². The van der Waals surface area contributed by atoms with E-state index in [4.69, 9.17) is 27.9 Å². The Morgan fingerprint density at radius 1 is 1.14 bits per heavy atom. The fraction of sp³-hybridized carbons (Fsp3) is 0.250. The first-order valence-electron chi connectivity index (χ1n) is 6.49. The molecule has 0 spiro atoms. The second-order valence-corrected chi connectivity index (χ2v) is 6.43. The van der Waals surface area contributed by atoms with Crippen LogP contribution in [0.1, 0.15) is 17.2 Å². The smallest absolute Gasteiger partial charge is 0.119 e. The molecule has 0 heterocycles. The first-order valence-corrected chi connectivity index (χ1v) is 8.04. The molecular formula is C16H16BrCl2NO. The highest BCUT2D eigenvalue weighted by Crippen LogP contribution is 2.29. The molecule has 5 heteroatoms. The van der Waals surface area contributed by atoms with Gasteiger partial charge in [-0.3, -0.25) is 0 Å². The lowest BCUT2D eigenvalue weighted by Crippen LogP contribution is -2.19. The number of nitrogens with one attached hydrogen (secondary N) is 1. The fourth-order valence-electron chi connectivity index (χ4n) is 2.22. The normalized spacial score (nSPS) is 12.2. The van der Waals surface area contributed by atoms with Crippen LogP contribution < -0.4 is 10.1 Å². The predicted octanol–water partition coefficient (Wildman–Crippen LogP) is 5.27. The Bertz CT molecular complexity index is 613. The predicted molar refractivity (Wildman–Crippen MR) is 92.7 cm³/mol. The minimum Gasteiger partial charge on any atom is -0.497 e. The summed E-state index contributed by atoms with van der Waals surface area (Å²) in [5.74, 6) is 0.840. The van der Waals surface area contributed by atoms with Gasteiger partial charge < -0.3 is 10.1 Å². The van der Waals surface area contributed by atoms with Crippen LogP contribution in [0, 0.1) is 0 Å². The molecule has 0 aliphatic carbocycles. The van der Waals surface area contributed by atoms with Gasteiger partial charge in [0.1, 0.15) is 5.75 Å². The van der Waals surface area contributed by atoms with Crippen molar-refractivity contribution in [2.24, 2.45) is 0 Å². The summed E-state index contributed by atoms with van der Waals surface area (Å²) in [6, 6.07) is 11.7. The molecule has 0 aromatic heterocycles. The van der Waals surface area contributed by atoms with Crippen LogP contribution in [0.4, 0.5) is 0 Å². The highest BCUT2D eigenvalue weighted by molar-refractivity contribution is 9.10. The van der Waals surface area contributed by atoms with E-state index >= 15 is 0 Å². The van der Waals surface area contributed by atoms with Crippen molar-refractivity contribution in [1.29, 1.82) is 0 Å². The van der Waals surface area contributed by atoms with E-state index in [0.29, 0.717) is 10.0 Å². The Kier molecular flexibility index (Phi) is 5.94. The Morgan fingerprint density at radius 2 is 1.81 bits per heavy atom. The second kappa shape index (κ2) is 7.50. The number of ether oxygens (including phenoxy) is 1. The average molecular weight is 389 g/mol. The minimum atomic E-state index is 0.115. The third-order valence-electron chi connectivity index (χ3n) is 3.31. The monoisotopic (exact) mass is 387 g/mol. The summed E-state index contributed by atoms with van der Waals surface area (Å²) in [7, 11) is 3.59. The summed E-state index contributed by atoms with van der Waals surface area (Å²) in [6.45, 7) is 0. The zero-order valence-electron chi connectivity index (χ0n) is 11.8. The Morgan fingerprint density at radius 3 is 2.38 bits per heavy atom. The van der Waals surface area contributed by atoms with Crippen LogP contribution in [-0.4, -0.2) is 14.2 Å². The van der Waals surface area contributed by atoms with Gasteiger partial charge in [-0.15, -0.1) is 0 Å². The highest BCUT2D eigenvalue weighted by atomic mass is 79.9. The van der Waals surface area contributed by atoms with Gasteiger partial charge in [-0.25, -0.2) is 0 Å². The molecule has 0 saturated carbocycles. The van der Waals surface area contributed by atoms with E-state index in [1.54, 1.807) is 13.2 Å². The molecule has 0 amide bonds. The van der Waals surface area contributed by atoms with Crippen LogP contribution in [0.2, 0.25) is 10.0 Å². The van der Waals surface area contributed by atoms with Crippen LogP contribution in [0.25, 0.3) is 0 Å². The number of rotatable bonds is 5. The largest absolute Gasteiger partial charge is 0.497 e. The highest BCUT2D eigenvalue weighted by Gasteiger charge is 2.14. The summed E-state index contributed by atoms with van der Waals surface area (Å²) in [5, 5.41) is 4.59. The molecule has 2 rings (SSSR count). The van der Waals surface area contributed by atoms with Gasteiger partial charge in [0.05, 0.1) is 7.11 Å². The number of methoxy groups -OCH3 is 1. The molecule has 112 valence electrons. The third-order valence-corrected chi connectivity index (χ3v) is 4.52. The Balaban J connectivity index is 2.30. The van der Waals surface area contributed by atoms with Crippen LogP contribution in [0.15, 0.2) is 40.9 Å². The van der Waals surface area contributed by atoms with Gasteiger partial charge in [-0.05, 0) is 61.0 Å². The molecule has 1 N–H and O–H groups in total. The summed E-state index contributed by atoms with van der Waals surface area (Å²) >= 11 is 15.8. The SMILES string of the molecule is CNC(Cc1cc(OC)ccc1Br)c1cc(Cl)cc(Cl)c1. The van der Waals surface area contributed by atoms with Gasteiger partial charge in [-0.1, -0.05) is 39.1 Å².